The number of nitrogens with zero attached hydrogens (tertiary/aromatic N) is 1. The second kappa shape index (κ2) is 7.25. The van der Waals surface area contributed by atoms with Crippen LogP contribution in [0.4, 0.5) is 5.69 Å². The average Bonchev–Trinajstić information content (AvgIpc) is 2.86. The number of carbonyl (C=O) groups excluding carboxylic acids is 1. The van der Waals surface area contributed by atoms with E-state index in [0.29, 0.717) is 5.02 Å². The van der Waals surface area contributed by atoms with E-state index in [1.54, 1.807) is 24.3 Å². The number of aliphatic hydroxyl groups excluding tert-OH is 1. The minimum absolute atomic E-state index is 0.0488. The number of amides is 1. The Kier molecular flexibility index (Phi) is 5.62. The number of benzene rings is 1. The lowest BCUT2D eigenvalue weighted by Gasteiger charge is -2.27. The quantitative estimate of drug-likeness (QED) is 0.879. The van der Waals surface area contributed by atoms with Crippen molar-refractivity contribution in [2.45, 2.75) is 38.3 Å². The molecule has 4 nitrogen and oxygen atoms in total. The first-order chi connectivity index (χ1) is 9.97. The van der Waals surface area contributed by atoms with Crippen LogP contribution in [0.15, 0.2) is 24.3 Å². The van der Waals surface area contributed by atoms with Gasteiger partial charge in [-0.2, -0.15) is 0 Å². The molecule has 0 aliphatic heterocycles. The molecule has 21 heavy (non-hydrogen) atoms. The van der Waals surface area contributed by atoms with Crippen molar-refractivity contribution in [2.75, 3.05) is 18.9 Å². The maximum absolute atomic E-state index is 12.2. The number of likely N-dealkylation sites (N-methyl/N-ethyl adjacent to an activating group) is 1. The molecule has 1 aliphatic rings. The smallest absolute Gasteiger partial charge is 0.241 e. The summed E-state index contributed by atoms with van der Waals surface area (Å²) in [5, 5.41) is 13.4. The second-order valence-corrected chi connectivity index (χ2v) is 6.31. The van der Waals surface area contributed by atoms with Gasteiger partial charge >= 0.3 is 0 Å². The van der Waals surface area contributed by atoms with E-state index in [0.717, 1.165) is 31.5 Å². The van der Waals surface area contributed by atoms with Gasteiger partial charge in [0.15, 0.2) is 0 Å². The van der Waals surface area contributed by atoms with E-state index in [1.165, 1.54) is 0 Å². The van der Waals surface area contributed by atoms with Gasteiger partial charge in [0.1, 0.15) is 0 Å². The third kappa shape index (κ3) is 4.43. The Hall–Kier alpha value is -1.10. The predicted molar refractivity (Wildman–Crippen MR) is 85.5 cm³/mol. The zero-order valence-electron chi connectivity index (χ0n) is 12.6. The highest BCUT2D eigenvalue weighted by Gasteiger charge is 2.28. The van der Waals surface area contributed by atoms with Crippen molar-refractivity contribution in [3.63, 3.8) is 0 Å². The van der Waals surface area contributed by atoms with E-state index in [4.69, 9.17) is 11.6 Å². The molecule has 0 saturated heterocycles. The summed E-state index contributed by atoms with van der Waals surface area (Å²) in [6, 6.07) is 6.83. The van der Waals surface area contributed by atoms with Crippen molar-refractivity contribution < 1.29 is 9.90 Å². The summed E-state index contributed by atoms with van der Waals surface area (Å²) in [6.07, 6.45) is 2.77. The Morgan fingerprint density at radius 3 is 2.67 bits per heavy atom. The third-order valence-corrected chi connectivity index (χ3v) is 4.55. The zero-order valence-corrected chi connectivity index (χ0v) is 13.3. The first-order valence-corrected chi connectivity index (χ1v) is 7.80. The minimum atomic E-state index is -0.242. The molecule has 1 saturated carbocycles. The molecule has 1 fully saturated rings. The van der Waals surface area contributed by atoms with Crippen LogP contribution in [-0.4, -0.2) is 41.7 Å². The Balaban J connectivity index is 1.87. The number of carbonyl (C=O) groups is 1. The van der Waals surface area contributed by atoms with Crippen molar-refractivity contribution in [2.24, 2.45) is 5.92 Å². The first kappa shape index (κ1) is 16.3. The first-order valence-electron chi connectivity index (χ1n) is 7.42. The van der Waals surface area contributed by atoms with Gasteiger partial charge in [-0.25, -0.2) is 0 Å². The highest BCUT2D eigenvalue weighted by Crippen LogP contribution is 2.26. The van der Waals surface area contributed by atoms with E-state index in [9.17, 15) is 9.90 Å². The highest BCUT2D eigenvalue weighted by molar-refractivity contribution is 6.30. The summed E-state index contributed by atoms with van der Waals surface area (Å²) in [5.74, 6) is 0.230. The van der Waals surface area contributed by atoms with E-state index >= 15 is 0 Å². The van der Waals surface area contributed by atoms with Crippen molar-refractivity contribution in [3.05, 3.63) is 29.3 Å². The van der Waals surface area contributed by atoms with Crippen molar-refractivity contribution in [3.8, 4) is 0 Å². The fourth-order valence-corrected chi connectivity index (χ4v) is 2.86. The molecule has 5 heteroatoms. The molecule has 2 N–H and O–H groups in total. The maximum Gasteiger partial charge on any atom is 0.241 e. The SMILES string of the molecule is CC(C(=O)Nc1ccc(Cl)cc1)N(C)CC1CCCC1O. The van der Waals surface area contributed by atoms with Crippen LogP contribution in [-0.2, 0) is 4.79 Å². The summed E-state index contributed by atoms with van der Waals surface area (Å²) in [5.41, 5.74) is 0.741. The van der Waals surface area contributed by atoms with E-state index in [-0.39, 0.29) is 24.0 Å². The van der Waals surface area contributed by atoms with Crippen molar-refractivity contribution in [1.82, 2.24) is 4.90 Å². The van der Waals surface area contributed by atoms with E-state index in [1.807, 2.05) is 18.9 Å². The molecule has 0 radical (unpaired) electrons. The number of aliphatic hydroxyl groups is 1. The lowest BCUT2D eigenvalue weighted by molar-refractivity contribution is -0.120. The summed E-state index contributed by atoms with van der Waals surface area (Å²) in [4.78, 5) is 14.3. The molecule has 3 unspecified atom stereocenters. The van der Waals surface area contributed by atoms with Gasteiger partial charge in [0, 0.05) is 17.3 Å². The van der Waals surface area contributed by atoms with Crippen LogP contribution in [0, 0.1) is 5.92 Å². The lowest BCUT2D eigenvalue weighted by Crippen LogP contribution is -2.43. The number of halogens is 1. The molecular weight excluding hydrogens is 288 g/mol. The van der Waals surface area contributed by atoms with Crippen LogP contribution >= 0.6 is 11.6 Å². The summed E-state index contributed by atoms with van der Waals surface area (Å²) < 4.78 is 0. The topological polar surface area (TPSA) is 52.6 Å². The number of nitrogens with one attached hydrogen (secondary N) is 1. The third-order valence-electron chi connectivity index (χ3n) is 4.29. The lowest BCUT2D eigenvalue weighted by atomic mass is 10.0. The molecule has 2 rings (SSSR count). The van der Waals surface area contributed by atoms with Crippen LogP contribution in [0.3, 0.4) is 0 Å². The Bertz CT molecular complexity index is 478. The van der Waals surface area contributed by atoms with Crippen LogP contribution in [0.1, 0.15) is 26.2 Å². The van der Waals surface area contributed by atoms with Crippen LogP contribution in [0.2, 0.25) is 5.02 Å². The van der Waals surface area contributed by atoms with E-state index in [2.05, 4.69) is 5.32 Å². The van der Waals surface area contributed by atoms with Gasteiger partial charge in [-0.15, -0.1) is 0 Å². The number of rotatable bonds is 5. The monoisotopic (exact) mass is 310 g/mol. The largest absolute Gasteiger partial charge is 0.393 e. The molecule has 116 valence electrons. The predicted octanol–water partition coefficient (Wildman–Crippen LogP) is 2.76. The molecule has 0 aromatic heterocycles. The van der Waals surface area contributed by atoms with Crippen LogP contribution < -0.4 is 5.32 Å². The molecule has 0 spiro atoms. The molecule has 0 bridgehead atoms. The molecule has 1 aromatic carbocycles. The van der Waals surface area contributed by atoms with E-state index < -0.39 is 0 Å². The summed E-state index contributed by atoms with van der Waals surface area (Å²) in [7, 11) is 1.93. The number of hydrogen-bond donors (Lipinski definition) is 2. The maximum atomic E-state index is 12.2. The molecule has 3 atom stereocenters. The van der Waals surface area contributed by atoms with Crippen molar-refractivity contribution >= 4 is 23.2 Å². The van der Waals surface area contributed by atoms with Crippen LogP contribution in [0.5, 0.6) is 0 Å². The molecule has 0 heterocycles. The van der Waals surface area contributed by atoms with Gasteiger partial charge < -0.3 is 10.4 Å². The molecule has 1 amide bonds. The molecular formula is C16H23ClN2O2. The standard InChI is InChI=1S/C16H23ClN2O2/c1-11(19(2)10-12-4-3-5-15(12)20)16(21)18-14-8-6-13(17)7-9-14/h6-9,11-12,15,20H,3-5,10H2,1-2H3,(H,18,21). The highest BCUT2D eigenvalue weighted by atomic mass is 35.5. The van der Waals surface area contributed by atoms with Gasteiger partial charge in [0.2, 0.25) is 5.91 Å². The summed E-state index contributed by atoms with van der Waals surface area (Å²) in [6.45, 7) is 2.63. The zero-order chi connectivity index (χ0) is 15.4. The molecule has 1 aromatic rings. The Morgan fingerprint density at radius 2 is 2.10 bits per heavy atom. The summed E-state index contributed by atoms with van der Waals surface area (Å²) >= 11 is 5.83. The fourth-order valence-electron chi connectivity index (χ4n) is 2.74. The van der Waals surface area contributed by atoms with Gasteiger partial charge in [0.25, 0.3) is 0 Å². The van der Waals surface area contributed by atoms with Gasteiger partial charge in [-0.05, 0) is 57.0 Å². The average molecular weight is 311 g/mol. The second-order valence-electron chi connectivity index (χ2n) is 5.87. The fraction of sp³-hybridized carbons (Fsp3) is 0.562. The van der Waals surface area contributed by atoms with Gasteiger partial charge in [-0.3, -0.25) is 9.69 Å². The number of hydrogen-bond acceptors (Lipinski definition) is 3. The van der Waals surface area contributed by atoms with Gasteiger partial charge in [-0.1, -0.05) is 18.0 Å². The minimum Gasteiger partial charge on any atom is -0.393 e. The molecule has 1 aliphatic carbocycles. The van der Waals surface area contributed by atoms with Crippen molar-refractivity contribution in [1.29, 1.82) is 0 Å². The number of anilines is 1. The van der Waals surface area contributed by atoms with Gasteiger partial charge in [0.05, 0.1) is 12.1 Å². The Morgan fingerprint density at radius 1 is 1.43 bits per heavy atom. The van der Waals surface area contributed by atoms with Crippen LogP contribution in [0.25, 0.3) is 0 Å². The Labute approximate surface area is 131 Å². The normalized spacial score (nSPS) is 23.3.